The predicted molar refractivity (Wildman–Crippen MR) is 63.3 cm³/mol. The second-order valence-corrected chi connectivity index (χ2v) is 4.04. The third-order valence-corrected chi connectivity index (χ3v) is 2.39. The maximum Gasteiger partial charge on any atom is 0.140 e. The van der Waals surface area contributed by atoms with Gasteiger partial charge in [-0.3, -0.25) is 0 Å². The van der Waals surface area contributed by atoms with Crippen LogP contribution in [0.3, 0.4) is 0 Å². The first-order valence-electron chi connectivity index (χ1n) is 4.47. The SMILES string of the molecule is OCCOCCNc1ncc(Cl)cc1Br. The molecule has 2 N–H and O–H groups in total. The quantitative estimate of drug-likeness (QED) is 0.787. The molecule has 0 saturated carbocycles. The molecule has 0 aliphatic carbocycles. The van der Waals surface area contributed by atoms with E-state index < -0.39 is 0 Å². The van der Waals surface area contributed by atoms with Crippen LogP contribution in [0.1, 0.15) is 0 Å². The summed E-state index contributed by atoms with van der Waals surface area (Å²) in [4.78, 5) is 4.10. The minimum Gasteiger partial charge on any atom is -0.394 e. The van der Waals surface area contributed by atoms with Gasteiger partial charge in [0, 0.05) is 12.7 Å². The van der Waals surface area contributed by atoms with Crippen LogP contribution in [0.2, 0.25) is 5.02 Å². The van der Waals surface area contributed by atoms with Crippen molar-refractivity contribution < 1.29 is 9.84 Å². The average molecular weight is 296 g/mol. The summed E-state index contributed by atoms with van der Waals surface area (Å²) in [6, 6.07) is 1.77. The van der Waals surface area contributed by atoms with Gasteiger partial charge >= 0.3 is 0 Å². The smallest absolute Gasteiger partial charge is 0.140 e. The minimum atomic E-state index is 0.0445. The number of hydrogen-bond acceptors (Lipinski definition) is 4. The number of pyridine rings is 1. The topological polar surface area (TPSA) is 54.4 Å². The average Bonchev–Trinajstić information content (AvgIpc) is 2.20. The van der Waals surface area contributed by atoms with E-state index in [0.717, 1.165) is 10.3 Å². The highest BCUT2D eigenvalue weighted by molar-refractivity contribution is 9.10. The number of rotatable bonds is 6. The van der Waals surface area contributed by atoms with E-state index in [1.807, 2.05) is 0 Å². The summed E-state index contributed by atoms with van der Waals surface area (Å²) in [5, 5.41) is 12.1. The number of aromatic nitrogens is 1. The molecule has 1 aromatic heterocycles. The Morgan fingerprint density at radius 2 is 2.33 bits per heavy atom. The Bertz CT molecular complexity index is 312. The Hall–Kier alpha value is -0.360. The summed E-state index contributed by atoms with van der Waals surface area (Å²) in [6.07, 6.45) is 1.57. The number of nitrogens with one attached hydrogen (secondary N) is 1. The molecule has 4 nitrogen and oxygen atoms in total. The Kier molecular flexibility index (Phi) is 5.93. The molecule has 84 valence electrons. The summed E-state index contributed by atoms with van der Waals surface area (Å²) in [7, 11) is 0. The fraction of sp³-hybridized carbons (Fsp3) is 0.444. The Labute approximate surface area is 102 Å². The molecule has 0 radical (unpaired) electrons. The first-order valence-corrected chi connectivity index (χ1v) is 5.64. The lowest BCUT2D eigenvalue weighted by molar-refractivity contribution is 0.0992. The highest BCUT2D eigenvalue weighted by Gasteiger charge is 2.00. The number of hydrogen-bond donors (Lipinski definition) is 2. The fourth-order valence-corrected chi connectivity index (χ4v) is 1.73. The number of aliphatic hydroxyl groups excluding tert-OH is 1. The third-order valence-electron chi connectivity index (χ3n) is 1.58. The van der Waals surface area contributed by atoms with Crippen LogP contribution in [0, 0.1) is 0 Å². The van der Waals surface area contributed by atoms with Crippen molar-refractivity contribution in [1.82, 2.24) is 4.98 Å². The molecule has 0 aliphatic heterocycles. The van der Waals surface area contributed by atoms with E-state index >= 15 is 0 Å². The lowest BCUT2D eigenvalue weighted by Gasteiger charge is -2.07. The van der Waals surface area contributed by atoms with Crippen molar-refractivity contribution in [3.63, 3.8) is 0 Å². The van der Waals surface area contributed by atoms with Gasteiger partial charge < -0.3 is 15.2 Å². The maximum atomic E-state index is 8.48. The van der Waals surface area contributed by atoms with Gasteiger partial charge in [0.1, 0.15) is 5.82 Å². The summed E-state index contributed by atoms with van der Waals surface area (Å²) < 4.78 is 5.90. The van der Waals surface area contributed by atoms with Gasteiger partial charge in [-0.2, -0.15) is 0 Å². The normalized spacial score (nSPS) is 10.3. The summed E-state index contributed by atoms with van der Waals surface area (Å²) in [5.74, 6) is 0.729. The summed E-state index contributed by atoms with van der Waals surface area (Å²) in [5.41, 5.74) is 0. The molecule has 6 heteroatoms. The molecule has 0 fully saturated rings. The molecule has 0 amide bonds. The lowest BCUT2D eigenvalue weighted by atomic mass is 10.4. The standard InChI is InChI=1S/C9H12BrClN2O2/c10-8-5-7(11)6-13-9(8)12-1-3-15-4-2-14/h5-6,14H,1-4H2,(H,12,13). The highest BCUT2D eigenvalue weighted by atomic mass is 79.9. The van der Waals surface area contributed by atoms with Crippen molar-refractivity contribution in [3.05, 3.63) is 21.8 Å². The van der Waals surface area contributed by atoms with Crippen LogP contribution in [0.4, 0.5) is 5.82 Å². The van der Waals surface area contributed by atoms with Crippen LogP contribution < -0.4 is 5.32 Å². The van der Waals surface area contributed by atoms with Crippen LogP contribution >= 0.6 is 27.5 Å². The lowest BCUT2D eigenvalue weighted by Crippen LogP contribution is -2.12. The zero-order chi connectivity index (χ0) is 11.1. The molecule has 0 atom stereocenters. The Morgan fingerprint density at radius 1 is 1.53 bits per heavy atom. The molecular formula is C9H12BrClN2O2. The van der Waals surface area contributed by atoms with Gasteiger partial charge in [0.15, 0.2) is 0 Å². The largest absolute Gasteiger partial charge is 0.394 e. The number of aliphatic hydroxyl groups is 1. The van der Waals surface area contributed by atoms with E-state index in [2.05, 4.69) is 26.2 Å². The van der Waals surface area contributed by atoms with Gasteiger partial charge in [-0.1, -0.05) is 11.6 Å². The van der Waals surface area contributed by atoms with Crippen LogP contribution in [0.5, 0.6) is 0 Å². The van der Waals surface area contributed by atoms with Gasteiger partial charge in [0.2, 0.25) is 0 Å². The summed E-state index contributed by atoms with van der Waals surface area (Å²) >= 11 is 9.09. The molecule has 1 heterocycles. The second-order valence-electron chi connectivity index (χ2n) is 2.75. The fourth-order valence-electron chi connectivity index (χ4n) is 0.953. The molecule has 0 spiro atoms. The van der Waals surface area contributed by atoms with Gasteiger partial charge in [-0.05, 0) is 22.0 Å². The maximum absolute atomic E-state index is 8.48. The van der Waals surface area contributed by atoms with Gasteiger partial charge in [-0.25, -0.2) is 4.98 Å². The number of ether oxygens (including phenoxy) is 1. The van der Waals surface area contributed by atoms with Crippen LogP contribution in [-0.2, 0) is 4.74 Å². The molecule has 1 rings (SSSR count). The van der Waals surface area contributed by atoms with Crippen molar-refractivity contribution >= 4 is 33.3 Å². The monoisotopic (exact) mass is 294 g/mol. The molecule has 0 bridgehead atoms. The zero-order valence-corrected chi connectivity index (χ0v) is 10.4. The highest BCUT2D eigenvalue weighted by Crippen LogP contribution is 2.22. The third kappa shape index (κ3) is 4.79. The van der Waals surface area contributed by atoms with E-state index in [1.165, 1.54) is 0 Å². The van der Waals surface area contributed by atoms with E-state index in [0.29, 0.717) is 24.8 Å². The molecule has 0 aromatic carbocycles. The number of nitrogens with zero attached hydrogens (tertiary/aromatic N) is 1. The van der Waals surface area contributed by atoms with Gasteiger partial charge in [0.05, 0.1) is 29.3 Å². The summed E-state index contributed by atoms with van der Waals surface area (Å²) in [6.45, 7) is 1.56. The first kappa shape index (κ1) is 12.7. The Balaban J connectivity index is 2.31. The molecule has 15 heavy (non-hydrogen) atoms. The van der Waals surface area contributed by atoms with Crippen molar-refractivity contribution in [2.24, 2.45) is 0 Å². The van der Waals surface area contributed by atoms with Crippen LogP contribution in [-0.4, -0.2) is 36.5 Å². The van der Waals surface area contributed by atoms with Crippen molar-refractivity contribution in [1.29, 1.82) is 0 Å². The van der Waals surface area contributed by atoms with E-state index in [1.54, 1.807) is 12.3 Å². The number of halogens is 2. The minimum absolute atomic E-state index is 0.0445. The second kappa shape index (κ2) is 7.00. The van der Waals surface area contributed by atoms with Crippen molar-refractivity contribution in [2.75, 3.05) is 31.7 Å². The van der Waals surface area contributed by atoms with Crippen LogP contribution in [0.15, 0.2) is 16.7 Å². The predicted octanol–water partition coefficient (Wildman–Crippen LogP) is 1.92. The van der Waals surface area contributed by atoms with Crippen LogP contribution in [0.25, 0.3) is 0 Å². The van der Waals surface area contributed by atoms with Gasteiger partial charge in [-0.15, -0.1) is 0 Å². The molecule has 0 unspecified atom stereocenters. The molecule has 0 aliphatic rings. The van der Waals surface area contributed by atoms with E-state index in [-0.39, 0.29) is 6.61 Å². The molecular weight excluding hydrogens is 283 g/mol. The zero-order valence-electron chi connectivity index (χ0n) is 8.04. The molecule has 1 aromatic rings. The van der Waals surface area contributed by atoms with E-state index in [9.17, 15) is 0 Å². The Morgan fingerprint density at radius 3 is 3.00 bits per heavy atom. The number of anilines is 1. The van der Waals surface area contributed by atoms with Gasteiger partial charge in [0.25, 0.3) is 0 Å². The molecule has 0 saturated heterocycles. The van der Waals surface area contributed by atoms with Crippen molar-refractivity contribution in [3.8, 4) is 0 Å². The first-order chi connectivity index (χ1) is 7.24. The van der Waals surface area contributed by atoms with Crippen molar-refractivity contribution in [2.45, 2.75) is 0 Å². The van der Waals surface area contributed by atoms with E-state index in [4.69, 9.17) is 21.4 Å².